The molecule has 13 heavy (non-hydrogen) atoms. The maximum atomic E-state index is 11.4. The average Bonchev–Trinajstić information content (AvgIpc) is 2.33. The van der Waals surface area contributed by atoms with Crippen LogP contribution in [0.15, 0.2) is 0 Å². The smallest absolute Gasteiger partial charge is 0.248 e. The van der Waals surface area contributed by atoms with Gasteiger partial charge in [0.05, 0.1) is 4.32 Å². The topological polar surface area (TPSA) is 70.7 Å². The maximum Gasteiger partial charge on any atom is 0.248 e. The van der Waals surface area contributed by atoms with E-state index in [-0.39, 0.29) is 5.91 Å². The van der Waals surface area contributed by atoms with E-state index < -0.39 is 4.32 Å². The van der Waals surface area contributed by atoms with Gasteiger partial charge in [-0.25, -0.2) is 0 Å². The fraction of sp³-hybridized carbons (Fsp3) is 0.571. The van der Waals surface area contributed by atoms with Gasteiger partial charge >= 0.3 is 0 Å². The number of carbonyl (C=O) groups is 1. The number of anilines is 1. The van der Waals surface area contributed by atoms with Gasteiger partial charge in [-0.3, -0.25) is 15.2 Å². The van der Waals surface area contributed by atoms with E-state index in [0.717, 1.165) is 0 Å². The van der Waals surface area contributed by atoms with Crippen molar-refractivity contribution in [3.8, 4) is 0 Å². The van der Waals surface area contributed by atoms with Gasteiger partial charge in [-0.1, -0.05) is 15.9 Å². The largest absolute Gasteiger partial charge is 0.292 e. The number of H-pyrrole nitrogens is 1. The minimum atomic E-state index is -0.610. The Balaban J connectivity index is 2.65. The molecule has 0 unspecified atom stereocenters. The number of nitrogens with one attached hydrogen (secondary N) is 2. The van der Waals surface area contributed by atoms with E-state index >= 15 is 0 Å². The summed E-state index contributed by atoms with van der Waals surface area (Å²) in [5, 5.41) is 8.98. The molecule has 0 aliphatic heterocycles. The number of hydrogen-bond donors (Lipinski definition) is 2. The minimum absolute atomic E-state index is 0.175. The summed E-state index contributed by atoms with van der Waals surface area (Å²) in [7, 11) is 0. The van der Waals surface area contributed by atoms with E-state index in [1.807, 2.05) is 0 Å². The quantitative estimate of drug-likeness (QED) is 0.772. The maximum absolute atomic E-state index is 11.4. The number of aromatic amines is 1. The van der Waals surface area contributed by atoms with Gasteiger partial charge in [-0.2, -0.15) is 4.98 Å². The van der Waals surface area contributed by atoms with Crippen LogP contribution in [-0.2, 0) is 4.79 Å². The zero-order valence-corrected chi connectivity index (χ0v) is 9.27. The third kappa shape index (κ3) is 2.80. The highest BCUT2D eigenvalue weighted by Crippen LogP contribution is 2.17. The Morgan fingerprint density at radius 3 is 2.62 bits per heavy atom. The number of carbonyl (C=O) groups excluding carboxylic acids is 1. The first-order valence-corrected chi connectivity index (χ1v) is 4.58. The fourth-order valence-electron chi connectivity index (χ4n) is 0.649. The average molecular weight is 247 g/mol. The van der Waals surface area contributed by atoms with Crippen LogP contribution >= 0.6 is 15.9 Å². The number of amides is 1. The zero-order chi connectivity index (χ0) is 10.1. The summed E-state index contributed by atoms with van der Waals surface area (Å²) in [6, 6.07) is 0. The predicted octanol–water partition coefficient (Wildman–Crippen LogP) is 1.23. The van der Waals surface area contributed by atoms with Crippen LogP contribution in [0.3, 0.4) is 0 Å². The van der Waals surface area contributed by atoms with Crippen LogP contribution in [0.1, 0.15) is 19.7 Å². The third-order valence-corrected chi connectivity index (χ3v) is 1.72. The number of aryl methyl sites for hydroxylation is 1. The SMILES string of the molecule is Cc1nc(NC(=O)C(C)(C)Br)n[nH]1. The highest BCUT2D eigenvalue weighted by molar-refractivity contribution is 9.10. The first-order valence-electron chi connectivity index (χ1n) is 3.79. The van der Waals surface area contributed by atoms with Gasteiger partial charge in [0.2, 0.25) is 11.9 Å². The van der Waals surface area contributed by atoms with E-state index in [0.29, 0.717) is 11.8 Å². The van der Waals surface area contributed by atoms with Gasteiger partial charge in [0.25, 0.3) is 0 Å². The summed E-state index contributed by atoms with van der Waals surface area (Å²) in [5.74, 6) is 0.796. The molecule has 0 radical (unpaired) electrons. The number of halogens is 1. The molecular weight excluding hydrogens is 236 g/mol. The molecule has 0 fully saturated rings. The summed E-state index contributed by atoms with van der Waals surface area (Å²) >= 11 is 3.23. The molecule has 72 valence electrons. The van der Waals surface area contributed by atoms with E-state index in [1.54, 1.807) is 20.8 Å². The molecule has 1 heterocycles. The van der Waals surface area contributed by atoms with Crippen LogP contribution in [0.25, 0.3) is 0 Å². The standard InChI is InChI=1S/C7H11BrN4O/c1-4-9-6(12-11-4)10-5(13)7(2,3)8/h1-3H3,(H2,9,10,11,12,13). The monoisotopic (exact) mass is 246 g/mol. The predicted molar refractivity (Wildman–Crippen MR) is 52.8 cm³/mol. The van der Waals surface area contributed by atoms with Crippen molar-refractivity contribution in [1.29, 1.82) is 0 Å². The van der Waals surface area contributed by atoms with Crippen molar-refractivity contribution in [2.45, 2.75) is 25.1 Å². The molecule has 0 saturated carbocycles. The van der Waals surface area contributed by atoms with Gasteiger partial charge in [0, 0.05) is 0 Å². The summed E-state index contributed by atoms with van der Waals surface area (Å²) in [4.78, 5) is 15.3. The van der Waals surface area contributed by atoms with Crippen molar-refractivity contribution in [2.24, 2.45) is 0 Å². The Morgan fingerprint density at radius 1 is 1.62 bits per heavy atom. The molecule has 1 aromatic rings. The molecule has 0 aliphatic carbocycles. The lowest BCUT2D eigenvalue weighted by atomic mass is 10.2. The van der Waals surface area contributed by atoms with Crippen LogP contribution in [0.2, 0.25) is 0 Å². The van der Waals surface area contributed by atoms with Gasteiger partial charge in [-0.15, -0.1) is 5.10 Å². The van der Waals surface area contributed by atoms with Crippen molar-refractivity contribution in [3.63, 3.8) is 0 Å². The molecule has 0 spiro atoms. The summed E-state index contributed by atoms with van der Waals surface area (Å²) < 4.78 is -0.610. The van der Waals surface area contributed by atoms with Crippen LogP contribution < -0.4 is 5.32 Å². The molecule has 6 heteroatoms. The highest BCUT2D eigenvalue weighted by atomic mass is 79.9. The Morgan fingerprint density at radius 2 is 2.23 bits per heavy atom. The van der Waals surface area contributed by atoms with Crippen molar-refractivity contribution in [1.82, 2.24) is 15.2 Å². The molecule has 0 bridgehead atoms. The van der Waals surface area contributed by atoms with E-state index in [1.165, 1.54) is 0 Å². The lowest BCUT2D eigenvalue weighted by Gasteiger charge is -2.13. The lowest BCUT2D eigenvalue weighted by Crippen LogP contribution is -2.31. The van der Waals surface area contributed by atoms with Crippen LogP contribution in [-0.4, -0.2) is 25.4 Å². The fourth-order valence-corrected chi connectivity index (χ4v) is 0.748. The van der Waals surface area contributed by atoms with Crippen LogP contribution in [0.5, 0.6) is 0 Å². The highest BCUT2D eigenvalue weighted by Gasteiger charge is 2.24. The lowest BCUT2D eigenvalue weighted by molar-refractivity contribution is -0.117. The molecule has 1 amide bonds. The van der Waals surface area contributed by atoms with E-state index in [9.17, 15) is 4.79 Å². The summed E-state index contributed by atoms with van der Waals surface area (Å²) in [6.07, 6.45) is 0. The Kier molecular flexibility index (Phi) is 2.70. The molecule has 1 aromatic heterocycles. The number of rotatable bonds is 2. The second kappa shape index (κ2) is 3.45. The number of hydrogen-bond acceptors (Lipinski definition) is 3. The number of alkyl halides is 1. The van der Waals surface area contributed by atoms with Gasteiger partial charge in [0.15, 0.2) is 0 Å². The zero-order valence-electron chi connectivity index (χ0n) is 7.68. The van der Waals surface area contributed by atoms with Crippen LogP contribution in [0, 0.1) is 6.92 Å². The summed E-state index contributed by atoms with van der Waals surface area (Å²) in [5.41, 5.74) is 0. The third-order valence-electron chi connectivity index (χ3n) is 1.36. The van der Waals surface area contributed by atoms with Crippen molar-refractivity contribution in [3.05, 3.63) is 5.82 Å². The molecule has 0 aliphatic rings. The minimum Gasteiger partial charge on any atom is -0.292 e. The van der Waals surface area contributed by atoms with Crippen molar-refractivity contribution >= 4 is 27.8 Å². The van der Waals surface area contributed by atoms with Crippen molar-refractivity contribution < 1.29 is 4.79 Å². The van der Waals surface area contributed by atoms with Gasteiger partial charge in [-0.05, 0) is 20.8 Å². The van der Waals surface area contributed by atoms with E-state index in [2.05, 4.69) is 36.4 Å². The molecule has 1 rings (SSSR count). The molecule has 0 atom stereocenters. The normalized spacial score (nSPS) is 11.4. The summed E-state index contributed by atoms with van der Waals surface area (Å²) in [6.45, 7) is 5.27. The van der Waals surface area contributed by atoms with Crippen molar-refractivity contribution in [2.75, 3.05) is 5.32 Å². The van der Waals surface area contributed by atoms with Crippen LogP contribution in [0.4, 0.5) is 5.95 Å². The van der Waals surface area contributed by atoms with E-state index in [4.69, 9.17) is 0 Å². The molecule has 0 aromatic carbocycles. The number of aromatic nitrogens is 3. The molecule has 2 N–H and O–H groups in total. The van der Waals surface area contributed by atoms with Gasteiger partial charge in [0.1, 0.15) is 5.82 Å². The molecule has 5 nitrogen and oxygen atoms in total. The van der Waals surface area contributed by atoms with Gasteiger partial charge < -0.3 is 0 Å². The number of nitrogens with zero attached hydrogens (tertiary/aromatic N) is 2. The molecule has 0 saturated heterocycles. The first-order chi connectivity index (χ1) is 5.89. The first kappa shape index (κ1) is 10.2. The second-order valence-corrected chi connectivity index (χ2v) is 5.15. The molecular formula is C7H11BrN4O. The second-order valence-electron chi connectivity index (χ2n) is 3.17. The Bertz CT molecular complexity index is 315. The Hall–Kier alpha value is -0.910. The Labute approximate surface area is 84.5 Å².